The molecule has 6 nitrogen and oxygen atoms in total. The predicted octanol–water partition coefficient (Wildman–Crippen LogP) is 2.38. The van der Waals surface area contributed by atoms with E-state index in [0.29, 0.717) is 0 Å². The highest BCUT2D eigenvalue weighted by atomic mass is 32.1. The second-order valence-corrected chi connectivity index (χ2v) is 9.81. The van der Waals surface area contributed by atoms with Crippen LogP contribution in [0.2, 0.25) is 0 Å². The van der Waals surface area contributed by atoms with E-state index in [9.17, 15) is 0 Å². The minimum absolute atomic E-state index is 0.968. The molecule has 0 atom stereocenters. The third-order valence-electron chi connectivity index (χ3n) is 5.83. The van der Waals surface area contributed by atoms with Crippen LogP contribution in [0.15, 0.2) is 71.7 Å². The molecule has 1 aliphatic rings. The second kappa shape index (κ2) is 7.72. The molecule has 0 spiro atoms. The molecule has 164 valence electrons. The standard InChI is InChI=1S/C26H18N6S2/c1-5-19-23(25-27-9-11-33-25)20-7-3-17(31-20)14-18-4-8-22(32-18)24(26-28-10-12-34-26)21-6-2-16(30-21)13-15(1)29-19/h1-14,29-32H. The van der Waals surface area contributed by atoms with Crippen LogP contribution in [-0.2, 0) is 0 Å². The monoisotopic (exact) mass is 478 g/mol. The third kappa shape index (κ3) is 3.32. The number of rotatable bonds is 2. The van der Waals surface area contributed by atoms with E-state index >= 15 is 0 Å². The fourth-order valence-electron chi connectivity index (χ4n) is 4.35. The Kier molecular flexibility index (Phi) is 4.39. The Morgan fingerprint density at radius 1 is 0.529 bits per heavy atom. The fourth-order valence-corrected chi connectivity index (χ4v) is 5.77. The zero-order valence-corrected chi connectivity index (χ0v) is 19.4. The lowest BCUT2D eigenvalue weighted by atomic mass is 10.2. The summed E-state index contributed by atoms with van der Waals surface area (Å²) < 4.78 is 0. The predicted molar refractivity (Wildman–Crippen MR) is 136 cm³/mol. The summed E-state index contributed by atoms with van der Waals surface area (Å²) in [5.74, 6) is 0. The summed E-state index contributed by atoms with van der Waals surface area (Å²) in [5, 5.41) is 10.0. The first-order chi connectivity index (χ1) is 16.8. The van der Waals surface area contributed by atoms with Crippen LogP contribution in [0, 0.1) is 0 Å². The van der Waals surface area contributed by atoms with Crippen molar-refractivity contribution in [3.05, 3.63) is 126 Å². The van der Waals surface area contributed by atoms with Crippen molar-refractivity contribution in [2.75, 3.05) is 0 Å². The summed E-state index contributed by atoms with van der Waals surface area (Å²) in [7, 11) is 0. The van der Waals surface area contributed by atoms with Crippen molar-refractivity contribution in [3.63, 3.8) is 0 Å². The lowest BCUT2D eigenvalue weighted by Crippen LogP contribution is -2.15. The fraction of sp³-hybridized carbons (Fsp3) is 0. The van der Waals surface area contributed by atoms with Gasteiger partial charge in [-0.3, -0.25) is 0 Å². The van der Waals surface area contributed by atoms with Crippen LogP contribution in [0.1, 0.15) is 32.8 Å². The number of fused-ring (bicyclic) bond motifs is 8. The van der Waals surface area contributed by atoms with E-state index in [1.807, 2.05) is 23.2 Å². The maximum atomic E-state index is 4.59. The van der Waals surface area contributed by atoms with Gasteiger partial charge in [-0.15, -0.1) is 22.7 Å². The normalized spacial score (nSPS) is 13.1. The molecule has 8 bridgehead atoms. The summed E-state index contributed by atoms with van der Waals surface area (Å²) in [6.45, 7) is 0. The number of nitrogens with one attached hydrogen (secondary N) is 4. The largest absolute Gasteiger partial charge is 0.355 e. The molecule has 7 heterocycles. The maximum absolute atomic E-state index is 4.59. The molecule has 0 saturated carbocycles. The summed E-state index contributed by atoms with van der Waals surface area (Å²) in [4.78, 5) is 23.5. The van der Waals surface area contributed by atoms with Gasteiger partial charge < -0.3 is 19.9 Å². The summed E-state index contributed by atoms with van der Waals surface area (Å²) in [5.41, 5.74) is 6.18. The molecule has 0 radical (unpaired) electrons. The number of H-pyrrole nitrogens is 4. The highest BCUT2D eigenvalue weighted by Crippen LogP contribution is 2.23. The van der Waals surface area contributed by atoms with Crippen molar-refractivity contribution >= 4 is 46.0 Å². The lowest BCUT2D eigenvalue weighted by molar-refractivity contribution is 1.20. The molecular weight excluding hydrogens is 460 g/mol. The molecule has 7 rings (SSSR count). The Bertz CT molecular complexity index is 1720. The molecule has 0 aromatic carbocycles. The van der Waals surface area contributed by atoms with E-state index in [0.717, 1.165) is 65.3 Å². The summed E-state index contributed by atoms with van der Waals surface area (Å²) >= 11 is 3.26. The summed E-state index contributed by atoms with van der Waals surface area (Å²) in [6, 6.07) is 16.8. The van der Waals surface area contributed by atoms with Crippen LogP contribution in [-0.4, -0.2) is 29.9 Å². The third-order valence-corrected chi connectivity index (χ3v) is 7.41. The first kappa shape index (κ1) is 19.3. The topological polar surface area (TPSA) is 88.9 Å². The highest BCUT2D eigenvalue weighted by Gasteiger charge is 2.14. The van der Waals surface area contributed by atoms with Gasteiger partial charge in [-0.1, -0.05) is 0 Å². The molecule has 0 aliphatic carbocycles. The number of thiazole rings is 2. The van der Waals surface area contributed by atoms with Crippen LogP contribution in [0.4, 0.5) is 0 Å². The SMILES string of the molecule is C1=c2ccc([nH]2)=C(c2nccs2)c2ccc([nH]2)C=c2ccc([nH]2)=C(c2nccs2)c2ccc1[nH]2. The van der Waals surface area contributed by atoms with E-state index in [1.54, 1.807) is 22.7 Å². The van der Waals surface area contributed by atoms with Crippen LogP contribution < -0.4 is 21.4 Å². The quantitative estimate of drug-likeness (QED) is 0.307. The first-order valence-electron chi connectivity index (χ1n) is 10.8. The van der Waals surface area contributed by atoms with Crippen LogP contribution >= 0.6 is 22.7 Å². The van der Waals surface area contributed by atoms with Crippen molar-refractivity contribution in [2.45, 2.75) is 0 Å². The lowest BCUT2D eigenvalue weighted by Gasteiger charge is -2.01. The van der Waals surface area contributed by atoms with Gasteiger partial charge >= 0.3 is 0 Å². The number of hydrogen-bond acceptors (Lipinski definition) is 4. The van der Waals surface area contributed by atoms with Crippen molar-refractivity contribution in [1.82, 2.24) is 29.9 Å². The smallest absolute Gasteiger partial charge is 0.127 e. The molecule has 6 aromatic rings. The van der Waals surface area contributed by atoms with Gasteiger partial charge in [0.25, 0.3) is 0 Å². The first-order valence-corrected chi connectivity index (χ1v) is 12.6. The van der Waals surface area contributed by atoms with Crippen molar-refractivity contribution in [1.29, 1.82) is 0 Å². The van der Waals surface area contributed by atoms with E-state index in [2.05, 4.69) is 90.6 Å². The van der Waals surface area contributed by atoms with Gasteiger partial charge in [0.05, 0.1) is 33.2 Å². The molecule has 4 N–H and O–H groups in total. The zero-order chi connectivity index (χ0) is 22.5. The van der Waals surface area contributed by atoms with E-state index in [1.165, 1.54) is 0 Å². The van der Waals surface area contributed by atoms with E-state index in [4.69, 9.17) is 0 Å². The zero-order valence-electron chi connectivity index (χ0n) is 17.8. The molecule has 0 amide bonds. The van der Waals surface area contributed by atoms with Crippen LogP contribution in [0.25, 0.3) is 23.3 Å². The minimum Gasteiger partial charge on any atom is -0.355 e. The second-order valence-electron chi connectivity index (χ2n) is 8.02. The molecule has 6 aromatic heterocycles. The Hall–Kier alpha value is -4.14. The Morgan fingerprint density at radius 3 is 1.47 bits per heavy atom. The van der Waals surface area contributed by atoms with Gasteiger partial charge in [0.2, 0.25) is 0 Å². The number of aromatic amines is 4. The molecule has 34 heavy (non-hydrogen) atoms. The Labute approximate surface area is 201 Å². The number of aromatic nitrogens is 6. The minimum atomic E-state index is 0.968. The summed E-state index contributed by atoms with van der Waals surface area (Å²) in [6.07, 6.45) is 7.92. The average Bonchev–Trinajstić information content (AvgIpc) is 3.67. The van der Waals surface area contributed by atoms with Gasteiger partial charge in [0, 0.05) is 45.2 Å². The van der Waals surface area contributed by atoms with Crippen LogP contribution in [0.3, 0.4) is 0 Å². The van der Waals surface area contributed by atoms with E-state index < -0.39 is 0 Å². The van der Waals surface area contributed by atoms with Crippen molar-refractivity contribution in [2.24, 2.45) is 0 Å². The number of nitrogens with zero attached hydrogens (tertiary/aromatic N) is 2. The Balaban J connectivity index is 1.55. The molecule has 8 heteroatoms. The molecule has 0 fully saturated rings. The van der Waals surface area contributed by atoms with E-state index in [-0.39, 0.29) is 0 Å². The molecule has 0 saturated heterocycles. The Morgan fingerprint density at radius 2 is 1.03 bits per heavy atom. The van der Waals surface area contributed by atoms with Gasteiger partial charge in [-0.2, -0.15) is 0 Å². The van der Waals surface area contributed by atoms with Crippen LogP contribution in [0.5, 0.6) is 0 Å². The number of hydrogen-bond donors (Lipinski definition) is 4. The highest BCUT2D eigenvalue weighted by molar-refractivity contribution is 7.11. The van der Waals surface area contributed by atoms with Gasteiger partial charge in [0.1, 0.15) is 10.0 Å². The van der Waals surface area contributed by atoms with Crippen molar-refractivity contribution < 1.29 is 0 Å². The average molecular weight is 479 g/mol. The van der Waals surface area contributed by atoms with Gasteiger partial charge in [-0.05, 0) is 60.7 Å². The maximum Gasteiger partial charge on any atom is 0.127 e. The molecule has 0 unspecified atom stereocenters. The molecule has 1 aliphatic heterocycles. The van der Waals surface area contributed by atoms with Gasteiger partial charge in [0.15, 0.2) is 0 Å². The van der Waals surface area contributed by atoms with Crippen molar-refractivity contribution in [3.8, 4) is 0 Å². The molecular formula is C26H18N6S2. The van der Waals surface area contributed by atoms with Gasteiger partial charge in [-0.25, -0.2) is 9.97 Å².